The zero-order valence-electron chi connectivity index (χ0n) is 31.2. The molecule has 0 fully saturated rings. The van der Waals surface area contributed by atoms with E-state index >= 15 is 0 Å². The number of hydrogen-bond donors (Lipinski definition) is 14. The Balaban J connectivity index is 2.36. The number of carbonyl (C=O) groups is 9. The molecule has 2 aromatic rings. The van der Waals surface area contributed by atoms with Crippen molar-refractivity contribution in [3.63, 3.8) is 0 Å². The number of fused-ring (bicyclic) bond motifs is 1. The molecule has 2 rings (SSSR count). The summed E-state index contributed by atoms with van der Waals surface area (Å²) in [6.07, 6.45) is -2.31. The van der Waals surface area contributed by atoms with Crippen LogP contribution in [0.3, 0.4) is 0 Å². The molecular weight excluding hydrogens is 774 g/mol. The summed E-state index contributed by atoms with van der Waals surface area (Å²) in [5.41, 5.74) is 11.9. The first-order valence-corrected chi connectivity index (χ1v) is 18.1. The van der Waals surface area contributed by atoms with Crippen molar-refractivity contribution in [3.05, 3.63) is 36.0 Å². The lowest BCUT2D eigenvalue weighted by Gasteiger charge is -2.28. The number of carboxylic acid groups (broad SMARTS) is 2. The van der Waals surface area contributed by atoms with E-state index in [0.29, 0.717) is 16.5 Å². The smallest absolute Gasteiger partial charge is 0.326 e. The van der Waals surface area contributed by atoms with Crippen LogP contribution in [0.5, 0.6) is 0 Å². The van der Waals surface area contributed by atoms with Gasteiger partial charge < -0.3 is 68.8 Å². The molecule has 0 saturated heterocycles. The second kappa shape index (κ2) is 22.1. The lowest BCUT2D eigenvalue weighted by Crippen LogP contribution is -2.62. The van der Waals surface area contributed by atoms with Crippen LogP contribution in [0.25, 0.3) is 10.9 Å². The average Bonchev–Trinajstić information content (AvgIpc) is 3.54. The Morgan fingerprint density at radius 2 is 1.23 bits per heavy atom. The van der Waals surface area contributed by atoms with Crippen LogP contribution in [-0.4, -0.2) is 139 Å². The minimum absolute atomic E-state index is 0.191. The summed E-state index contributed by atoms with van der Waals surface area (Å²) in [6.45, 7) is 3.43. The molecule has 0 unspecified atom stereocenters. The van der Waals surface area contributed by atoms with E-state index in [1.165, 1.54) is 0 Å². The number of carbonyl (C=O) groups excluding carboxylic acids is 7. The van der Waals surface area contributed by atoms with Crippen molar-refractivity contribution < 1.29 is 63.6 Å². The number of aromatic amines is 1. The van der Waals surface area contributed by atoms with Gasteiger partial charge in [-0.3, -0.25) is 38.4 Å². The number of rotatable bonds is 23. The van der Waals surface area contributed by atoms with Crippen LogP contribution in [0.4, 0.5) is 0 Å². The lowest BCUT2D eigenvalue weighted by atomic mass is 10.0. The molecular formula is C34H49N9O13S. The summed E-state index contributed by atoms with van der Waals surface area (Å²) in [4.78, 5) is 118. The van der Waals surface area contributed by atoms with Crippen LogP contribution in [-0.2, 0) is 49.6 Å². The Labute approximate surface area is 331 Å². The molecule has 57 heavy (non-hydrogen) atoms. The third kappa shape index (κ3) is 14.3. The van der Waals surface area contributed by atoms with Gasteiger partial charge in [-0.15, -0.1) is 0 Å². The Bertz CT molecular complexity index is 1800. The van der Waals surface area contributed by atoms with E-state index in [0.717, 1.165) is 6.92 Å². The highest BCUT2D eigenvalue weighted by atomic mass is 32.1. The Morgan fingerprint density at radius 3 is 1.75 bits per heavy atom. The molecule has 0 aliphatic heterocycles. The van der Waals surface area contributed by atoms with Crippen molar-refractivity contribution in [1.29, 1.82) is 0 Å². The number of aliphatic hydroxyl groups excluding tert-OH is 2. The second-order valence-electron chi connectivity index (χ2n) is 13.3. The number of H-pyrrole nitrogens is 1. The van der Waals surface area contributed by atoms with Crippen LogP contribution in [0, 0.1) is 5.92 Å². The number of aliphatic hydroxyl groups is 2. The number of nitrogens with one attached hydrogen (secondary N) is 7. The number of aliphatic carboxylic acids is 2. The van der Waals surface area contributed by atoms with E-state index in [1.807, 2.05) is 0 Å². The van der Waals surface area contributed by atoms with Crippen molar-refractivity contribution in [2.75, 3.05) is 12.4 Å². The molecule has 0 radical (unpaired) electrons. The Hall–Kier alpha value is -5.78. The van der Waals surface area contributed by atoms with E-state index in [9.17, 15) is 58.5 Å². The lowest BCUT2D eigenvalue weighted by molar-refractivity contribution is -0.143. The van der Waals surface area contributed by atoms with Crippen LogP contribution in [0.15, 0.2) is 30.5 Å². The maximum absolute atomic E-state index is 13.7. The summed E-state index contributed by atoms with van der Waals surface area (Å²) in [5, 5.41) is 52.9. The maximum atomic E-state index is 13.7. The van der Waals surface area contributed by atoms with Crippen molar-refractivity contribution in [2.24, 2.45) is 17.4 Å². The predicted molar refractivity (Wildman–Crippen MR) is 203 cm³/mol. The van der Waals surface area contributed by atoms with Gasteiger partial charge in [0, 0.05) is 29.3 Å². The topological polar surface area (TPSA) is 375 Å². The van der Waals surface area contributed by atoms with Crippen molar-refractivity contribution >= 4 is 76.8 Å². The zero-order valence-corrected chi connectivity index (χ0v) is 32.1. The van der Waals surface area contributed by atoms with E-state index in [-0.39, 0.29) is 12.2 Å². The molecule has 1 aromatic heterocycles. The first kappa shape index (κ1) is 47.4. The van der Waals surface area contributed by atoms with E-state index in [4.69, 9.17) is 16.6 Å². The molecule has 0 spiro atoms. The number of carboxylic acids is 2. The molecule has 0 bridgehead atoms. The number of benzene rings is 1. The number of hydrogen-bond acceptors (Lipinski definition) is 13. The number of thiol groups is 1. The van der Waals surface area contributed by atoms with Gasteiger partial charge in [0.1, 0.15) is 42.3 Å². The quantitative estimate of drug-likeness (QED) is 0.0469. The van der Waals surface area contributed by atoms with E-state index < -0.39 is 127 Å². The second-order valence-corrected chi connectivity index (χ2v) is 13.7. The highest BCUT2D eigenvalue weighted by Crippen LogP contribution is 2.19. The molecule has 0 saturated carbocycles. The maximum Gasteiger partial charge on any atom is 0.326 e. The number of nitrogens with two attached hydrogens (primary N) is 2. The van der Waals surface area contributed by atoms with Gasteiger partial charge in [-0.25, -0.2) is 4.79 Å². The van der Waals surface area contributed by atoms with E-state index in [2.05, 4.69) is 49.5 Å². The molecule has 314 valence electrons. The summed E-state index contributed by atoms with van der Waals surface area (Å²) in [6, 6.07) is -4.45. The fourth-order valence-corrected chi connectivity index (χ4v) is 5.57. The molecule has 23 heteroatoms. The summed E-state index contributed by atoms with van der Waals surface area (Å²) >= 11 is 3.96. The summed E-state index contributed by atoms with van der Waals surface area (Å²) in [5.74, 6) is -11.8. The number of aromatic nitrogens is 1. The van der Waals surface area contributed by atoms with Gasteiger partial charge in [-0.05, 0) is 24.5 Å². The SMILES string of the molecule is CC(C)[C@H](NC(=O)[C@H](Cc1c[nH]c2ccccc12)NC(=O)[C@@H](NC(=O)[C@H](CC(=O)O)NC(=O)[C@H](CC(N)=O)NC(=O)[C@H](CS)NC(=O)[C@@H](N)CO)[C@@H](C)O)C(=O)O. The third-order valence-corrected chi connectivity index (χ3v) is 8.79. The molecule has 8 atom stereocenters. The Morgan fingerprint density at radius 1 is 0.719 bits per heavy atom. The fraction of sp³-hybridized carbons (Fsp3) is 0.500. The monoisotopic (exact) mass is 823 g/mol. The van der Waals surface area contributed by atoms with Crippen LogP contribution >= 0.6 is 12.6 Å². The molecule has 0 aliphatic carbocycles. The molecule has 1 heterocycles. The zero-order chi connectivity index (χ0) is 43.1. The molecule has 1 aromatic carbocycles. The molecule has 15 N–H and O–H groups in total. The van der Waals surface area contributed by atoms with Gasteiger partial charge in [-0.2, -0.15) is 12.6 Å². The number of primary amides is 1. The number of amides is 7. The van der Waals surface area contributed by atoms with Gasteiger partial charge in [-0.1, -0.05) is 32.0 Å². The van der Waals surface area contributed by atoms with E-state index in [1.54, 1.807) is 44.3 Å². The fourth-order valence-electron chi connectivity index (χ4n) is 5.31. The minimum Gasteiger partial charge on any atom is -0.481 e. The van der Waals surface area contributed by atoms with Crippen LogP contribution in [0.1, 0.15) is 39.2 Å². The average molecular weight is 824 g/mol. The van der Waals surface area contributed by atoms with Crippen LogP contribution in [0.2, 0.25) is 0 Å². The summed E-state index contributed by atoms with van der Waals surface area (Å²) in [7, 11) is 0. The Kier molecular flexibility index (Phi) is 18.4. The predicted octanol–water partition coefficient (Wildman–Crippen LogP) is -4.66. The van der Waals surface area contributed by atoms with Crippen LogP contribution < -0.4 is 43.4 Å². The molecule has 7 amide bonds. The van der Waals surface area contributed by atoms with Gasteiger partial charge >= 0.3 is 11.9 Å². The van der Waals surface area contributed by atoms with Gasteiger partial charge in [0.25, 0.3) is 0 Å². The first-order chi connectivity index (χ1) is 26.7. The van der Waals surface area contributed by atoms with Gasteiger partial charge in [0.05, 0.1) is 25.6 Å². The van der Waals surface area contributed by atoms with Crippen molar-refractivity contribution in [1.82, 2.24) is 36.9 Å². The molecule has 0 aliphatic rings. The first-order valence-electron chi connectivity index (χ1n) is 17.5. The highest BCUT2D eigenvalue weighted by Gasteiger charge is 2.36. The minimum atomic E-state index is -2.01. The standard InChI is InChI=1S/C34H49N9O13S/c1-14(2)26(34(55)56)42-30(51)20(8-16-11-37-19-7-5-4-6-17(16)19)40-33(54)27(15(3)45)43-31(52)22(10-25(47)48)39-29(50)21(9-24(36)46)38-32(53)23(13-57)41-28(49)18(35)12-44/h4-7,11,14-15,18,20-23,26-27,37,44-45,57H,8-10,12-13,35H2,1-3H3,(H2,36,46)(H,38,53)(H,39,50)(H,40,54)(H,41,49)(H,42,51)(H,43,52)(H,47,48)(H,55,56)/t15-,18+,20+,21+,22+,23+,26+,27+/m1/s1. The normalized spacial score (nSPS) is 15.4. The van der Waals surface area contributed by atoms with Crippen molar-refractivity contribution in [2.45, 2.75) is 88.4 Å². The highest BCUT2D eigenvalue weighted by molar-refractivity contribution is 7.80. The van der Waals surface area contributed by atoms with Gasteiger partial charge in [0.15, 0.2) is 0 Å². The number of para-hydroxylation sites is 1. The largest absolute Gasteiger partial charge is 0.481 e. The van der Waals surface area contributed by atoms with Gasteiger partial charge in [0.2, 0.25) is 41.4 Å². The third-order valence-electron chi connectivity index (χ3n) is 8.42. The van der Waals surface area contributed by atoms with Crippen molar-refractivity contribution in [3.8, 4) is 0 Å². The molecule has 22 nitrogen and oxygen atoms in total. The summed E-state index contributed by atoms with van der Waals surface area (Å²) < 4.78 is 0.